The summed E-state index contributed by atoms with van der Waals surface area (Å²) >= 11 is 0. The molecule has 0 atom stereocenters. The molecule has 0 amide bonds. The number of benzene rings is 2. The van der Waals surface area contributed by atoms with E-state index in [-0.39, 0.29) is 5.82 Å². The summed E-state index contributed by atoms with van der Waals surface area (Å²) in [6.07, 6.45) is 3.65. The van der Waals surface area contributed by atoms with Crippen LogP contribution >= 0.6 is 0 Å². The van der Waals surface area contributed by atoms with Gasteiger partial charge in [0.1, 0.15) is 5.82 Å². The van der Waals surface area contributed by atoms with Gasteiger partial charge in [0.05, 0.1) is 0 Å². The van der Waals surface area contributed by atoms with E-state index >= 15 is 0 Å². The van der Waals surface area contributed by atoms with Gasteiger partial charge in [-0.2, -0.15) is 0 Å². The molecule has 22 heavy (non-hydrogen) atoms. The Kier molecular flexibility index (Phi) is 4.56. The van der Waals surface area contributed by atoms with Crippen molar-refractivity contribution in [2.24, 2.45) is 0 Å². The minimum Gasteiger partial charge on any atom is -0.309 e. The highest BCUT2D eigenvalue weighted by Gasteiger charge is 2.01. The van der Waals surface area contributed by atoms with E-state index in [9.17, 15) is 4.39 Å². The van der Waals surface area contributed by atoms with Crippen molar-refractivity contribution < 1.29 is 4.39 Å². The summed E-state index contributed by atoms with van der Waals surface area (Å²) in [5.41, 5.74) is 4.33. The van der Waals surface area contributed by atoms with E-state index in [0.29, 0.717) is 0 Å². The second-order valence-electron chi connectivity index (χ2n) is 5.18. The summed E-state index contributed by atoms with van der Waals surface area (Å²) in [6.45, 7) is 1.57. The third-order valence-electron chi connectivity index (χ3n) is 3.47. The molecule has 0 saturated carbocycles. The first-order valence-electron chi connectivity index (χ1n) is 7.26. The van der Waals surface area contributed by atoms with E-state index < -0.39 is 0 Å². The smallest absolute Gasteiger partial charge is 0.123 e. The molecule has 1 heterocycles. The zero-order valence-corrected chi connectivity index (χ0v) is 12.2. The van der Waals surface area contributed by atoms with Gasteiger partial charge >= 0.3 is 0 Å². The molecule has 0 spiro atoms. The molecule has 0 bridgehead atoms. The zero-order chi connectivity index (χ0) is 15.2. The van der Waals surface area contributed by atoms with Crippen LogP contribution in [0.2, 0.25) is 0 Å². The van der Waals surface area contributed by atoms with Crippen LogP contribution in [-0.2, 0) is 13.1 Å². The van der Waals surface area contributed by atoms with E-state index in [1.807, 2.05) is 24.4 Å². The molecule has 1 N–H and O–H groups in total. The minimum atomic E-state index is -0.225. The van der Waals surface area contributed by atoms with E-state index in [0.717, 1.165) is 29.8 Å². The number of nitrogens with one attached hydrogen (secondary N) is 1. The Morgan fingerprint density at radius 3 is 2.27 bits per heavy atom. The lowest BCUT2D eigenvalue weighted by Crippen LogP contribution is -2.12. The maximum atomic E-state index is 13.0. The molecule has 0 aliphatic rings. The van der Waals surface area contributed by atoms with E-state index in [2.05, 4.69) is 28.5 Å². The molecule has 1 aromatic heterocycles. The lowest BCUT2D eigenvalue weighted by Gasteiger charge is -2.07. The topological polar surface area (TPSA) is 24.9 Å². The fraction of sp³-hybridized carbons (Fsp3) is 0.105. The molecule has 2 nitrogen and oxygen atoms in total. The fourth-order valence-electron chi connectivity index (χ4n) is 2.33. The number of pyridine rings is 1. The highest BCUT2D eigenvalue weighted by molar-refractivity contribution is 5.62. The molecule has 3 aromatic rings. The standard InChI is InChI=1S/C19H17FN2/c20-19-8-6-17(7-9-19)18-10-16(13-22-14-18)12-21-11-15-4-2-1-3-5-15/h1-10,13-14,21H,11-12H2. The van der Waals surface area contributed by atoms with Crippen LogP contribution < -0.4 is 5.32 Å². The number of halogens is 1. The minimum absolute atomic E-state index is 0.225. The van der Waals surface area contributed by atoms with E-state index in [1.54, 1.807) is 18.3 Å². The predicted molar refractivity (Wildman–Crippen MR) is 86.6 cm³/mol. The first kappa shape index (κ1) is 14.4. The van der Waals surface area contributed by atoms with Crippen LogP contribution in [-0.4, -0.2) is 4.98 Å². The van der Waals surface area contributed by atoms with Crippen LogP contribution in [0.4, 0.5) is 4.39 Å². The molecular formula is C19H17FN2. The quantitative estimate of drug-likeness (QED) is 0.763. The SMILES string of the molecule is Fc1ccc(-c2cncc(CNCc3ccccc3)c2)cc1. The van der Waals surface area contributed by atoms with Gasteiger partial charge in [0.2, 0.25) is 0 Å². The Bertz CT molecular complexity index is 724. The summed E-state index contributed by atoms with van der Waals surface area (Å²) in [7, 11) is 0. The first-order valence-corrected chi connectivity index (χ1v) is 7.26. The molecular weight excluding hydrogens is 275 g/mol. The highest BCUT2D eigenvalue weighted by Crippen LogP contribution is 2.19. The van der Waals surface area contributed by atoms with Gasteiger partial charge in [0, 0.05) is 31.0 Å². The number of rotatable bonds is 5. The normalized spacial score (nSPS) is 10.6. The molecule has 0 fully saturated rings. The average molecular weight is 292 g/mol. The van der Waals surface area contributed by atoms with Crippen molar-refractivity contribution in [3.8, 4) is 11.1 Å². The first-order chi connectivity index (χ1) is 10.8. The third kappa shape index (κ3) is 3.77. The predicted octanol–water partition coefficient (Wildman–Crippen LogP) is 4.18. The van der Waals surface area contributed by atoms with Crippen molar-refractivity contribution in [1.29, 1.82) is 0 Å². The maximum absolute atomic E-state index is 13.0. The number of aromatic nitrogens is 1. The second-order valence-corrected chi connectivity index (χ2v) is 5.18. The summed E-state index contributed by atoms with van der Waals surface area (Å²) in [5.74, 6) is -0.225. The van der Waals surface area contributed by atoms with Gasteiger partial charge in [0.15, 0.2) is 0 Å². The Labute approximate surface area is 129 Å². The maximum Gasteiger partial charge on any atom is 0.123 e. The zero-order valence-electron chi connectivity index (χ0n) is 12.2. The van der Waals surface area contributed by atoms with Crippen molar-refractivity contribution in [2.45, 2.75) is 13.1 Å². The van der Waals surface area contributed by atoms with Crippen LogP contribution in [0.3, 0.4) is 0 Å². The molecule has 3 rings (SSSR count). The van der Waals surface area contributed by atoms with Crippen LogP contribution in [0, 0.1) is 5.82 Å². The van der Waals surface area contributed by atoms with Crippen molar-refractivity contribution >= 4 is 0 Å². The second kappa shape index (κ2) is 6.96. The van der Waals surface area contributed by atoms with Crippen LogP contribution in [0.15, 0.2) is 73.1 Å². The Hall–Kier alpha value is -2.52. The fourth-order valence-corrected chi connectivity index (χ4v) is 2.33. The van der Waals surface area contributed by atoms with Gasteiger partial charge in [-0.1, -0.05) is 42.5 Å². The Morgan fingerprint density at radius 2 is 1.50 bits per heavy atom. The largest absolute Gasteiger partial charge is 0.309 e. The van der Waals surface area contributed by atoms with Crippen molar-refractivity contribution in [2.75, 3.05) is 0 Å². The molecule has 0 aliphatic carbocycles. The monoisotopic (exact) mass is 292 g/mol. The third-order valence-corrected chi connectivity index (χ3v) is 3.47. The van der Waals surface area contributed by atoms with Gasteiger partial charge in [-0.05, 0) is 34.9 Å². The van der Waals surface area contributed by atoms with Gasteiger partial charge < -0.3 is 5.32 Å². The molecule has 0 unspecified atom stereocenters. The molecule has 2 aromatic carbocycles. The number of hydrogen-bond acceptors (Lipinski definition) is 2. The molecule has 110 valence electrons. The number of nitrogens with zero attached hydrogens (tertiary/aromatic N) is 1. The van der Waals surface area contributed by atoms with Crippen molar-refractivity contribution in [3.05, 3.63) is 90.0 Å². The van der Waals surface area contributed by atoms with Gasteiger partial charge in [-0.15, -0.1) is 0 Å². The lowest BCUT2D eigenvalue weighted by molar-refractivity contribution is 0.628. The average Bonchev–Trinajstić information content (AvgIpc) is 2.57. The van der Waals surface area contributed by atoms with Gasteiger partial charge in [-0.3, -0.25) is 4.98 Å². The van der Waals surface area contributed by atoms with Crippen LogP contribution in [0.1, 0.15) is 11.1 Å². The molecule has 0 saturated heterocycles. The van der Waals surface area contributed by atoms with Crippen LogP contribution in [0.5, 0.6) is 0 Å². The highest BCUT2D eigenvalue weighted by atomic mass is 19.1. The summed E-state index contributed by atoms with van der Waals surface area (Å²) in [5, 5.41) is 3.41. The van der Waals surface area contributed by atoms with Crippen LogP contribution in [0.25, 0.3) is 11.1 Å². The molecule has 0 aliphatic heterocycles. The summed E-state index contributed by atoms with van der Waals surface area (Å²) in [6, 6.07) is 18.8. The van der Waals surface area contributed by atoms with Gasteiger partial charge in [-0.25, -0.2) is 4.39 Å². The van der Waals surface area contributed by atoms with E-state index in [4.69, 9.17) is 0 Å². The summed E-state index contributed by atoms with van der Waals surface area (Å²) < 4.78 is 13.0. The molecule has 0 radical (unpaired) electrons. The molecule has 3 heteroatoms. The number of hydrogen-bond donors (Lipinski definition) is 1. The summed E-state index contributed by atoms with van der Waals surface area (Å²) in [4.78, 5) is 4.28. The van der Waals surface area contributed by atoms with Crippen molar-refractivity contribution in [3.63, 3.8) is 0 Å². The van der Waals surface area contributed by atoms with E-state index in [1.165, 1.54) is 17.7 Å². The Balaban J connectivity index is 1.65. The van der Waals surface area contributed by atoms with Crippen molar-refractivity contribution in [1.82, 2.24) is 10.3 Å². The Morgan fingerprint density at radius 1 is 0.773 bits per heavy atom. The lowest BCUT2D eigenvalue weighted by atomic mass is 10.1. The van der Waals surface area contributed by atoms with Gasteiger partial charge in [0.25, 0.3) is 0 Å².